The van der Waals surface area contributed by atoms with Crippen LogP contribution >= 0.6 is 11.3 Å². The summed E-state index contributed by atoms with van der Waals surface area (Å²) in [5, 5.41) is 2.13. The molecule has 0 amide bonds. The zero-order chi connectivity index (χ0) is 25.8. The number of rotatable bonds is 7. The van der Waals surface area contributed by atoms with Crippen molar-refractivity contribution < 1.29 is 13.2 Å². The summed E-state index contributed by atoms with van der Waals surface area (Å²) < 4.78 is 35.8. The van der Waals surface area contributed by atoms with Crippen LogP contribution < -0.4 is 4.80 Å². The topological polar surface area (TPSA) is 67.1 Å². The Balaban J connectivity index is 1.44. The highest BCUT2D eigenvalue weighted by Gasteiger charge is 2.28. The van der Waals surface area contributed by atoms with Gasteiger partial charge in [0.1, 0.15) is 0 Å². The van der Waals surface area contributed by atoms with Crippen LogP contribution in [0, 0.1) is 12.8 Å². The van der Waals surface area contributed by atoms with E-state index in [1.165, 1.54) is 5.56 Å². The van der Waals surface area contributed by atoms with Gasteiger partial charge < -0.3 is 9.30 Å². The molecular formula is C28H36N4O3S2. The number of benzene rings is 2. The summed E-state index contributed by atoms with van der Waals surface area (Å²) in [4.78, 5) is 8.67. The molecule has 2 aliphatic rings. The number of ether oxygens (including phenoxy) is 1. The van der Waals surface area contributed by atoms with Crippen molar-refractivity contribution in [1.29, 1.82) is 0 Å². The molecule has 1 aromatic heterocycles. The van der Waals surface area contributed by atoms with Crippen molar-refractivity contribution in [2.45, 2.75) is 38.1 Å². The molecule has 0 unspecified atom stereocenters. The summed E-state index contributed by atoms with van der Waals surface area (Å²) in [5.41, 5.74) is 4.19. The second-order valence-electron chi connectivity index (χ2n) is 10.1. The van der Waals surface area contributed by atoms with Gasteiger partial charge in [0.05, 0.1) is 29.5 Å². The molecular weight excluding hydrogens is 504 g/mol. The van der Waals surface area contributed by atoms with Gasteiger partial charge in [-0.1, -0.05) is 36.8 Å². The van der Waals surface area contributed by atoms with Crippen LogP contribution in [0.3, 0.4) is 0 Å². The minimum Gasteiger partial charge on any atom is -0.379 e. The van der Waals surface area contributed by atoms with Gasteiger partial charge in [0.15, 0.2) is 4.80 Å². The Bertz CT molecular complexity index is 1350. The van der Waals surface area contributed by atoms with Gasteiger partial charge in [0.2, 0.25) is 10.0 Å². The normalized spacial score (nSPS) is 18.9. The van der Waals surface area contributed by atoms with E-state index in [0.717, 1.165) is 74.0 Å². The maximum Gasteiger partial charge on any atom is 0.243 e. The van der Waals surface area contributed by atoms with Gasteiger partial charge in [-0.15, -0.1) is 11.3 Å². The lowest BCUT2D eigenvalue weighted by atomic mass is 10.0. The molecule has 2 saturated heterocycles. The zero-order valence-corrected chi connectivity index (χ0v) is 23.3. The van der Waals surface area contributed by atoms with Crippen molar-refractivity contribution >= 4 is 27.0 Å². The number of aromatic nitrogens is 1. The van der Waals surface area contributed by atoms with E-state index in [4.69, 9.17) is 9.73 Å². The molecule has 7 nitrogen and oxygen atoms in total. The molecule has 0 aliphatic carbocycles. The van der Waals surface area contributed by atoms with E-state index in [-0.39, 0.29) is 0 Å². The molecule has 0 spiro atoms. The summed E-state index contributed by atoms with van der Waals surface area (Å²) >= 11 is 1.62. The van der Waals surface area contributed by atoms with Crippen LogP contribution in [-0.4, -0.2) is 68.1 Å². The number of morpholine rings is 1. The Labute approximate surface area is 224 Å². The molecule has 0 N–H and O–H groups in total. The van der Waals surface area contributed by atoms with Crippen LogP contribution in [0.15, 0.2) is 63.8 Å². The highest BCUT2D eigenvalue weighted by molar-refractivity contribution is 7.89. The smallest absolute Gasteiger partial charge is 0.243 e. The van der Waals surface area contributed by atoms with Crippen LogP contribution in [-0.2, 0) is 21.3 Å². The van der Waals surface area contributed by atoms with Gasteiger partial charge in [-0.3, -0.25) is 4.90 Å². The van der Waals surface area contributed by atoms with Crippen LogP contribution in [0.5, 0.6) is 0 Å². The monoisotopic (exact) mass is 540 g/mol. The average Bonchev–Trinajstić information content (AvgIpc) is 3.32. The number of thiazole rings is 1. The van der Waals surface area contributed by atoms with Crippen molar-refractivity contribution in [2.24, 2.45) is 10.9 Å². The fraction of sp³-hybridized carbons (Fsp3) is 0.464. The Hall–Kier alpha value is -2.30. The Morgan fingerprint density at radius 3 is 2.30 bits per heavy atom. The Kier molecular flexibility index (Phi) is 8.26. The third-order valence-corrected chi connectivity index (χ3v) is 10.1. The van der Waals surface area contributed by atoms with Crippen molar-refractivity contribution in [2.75, 3.05) is 45.9 Å². The van der Waals surface area contributed by atoms with Crippen LogP contribution in [0.1, 0.15) is 25.3 Å². The lowest BCUT2D eigenvalue weighted by Gasteiger charge is -2.29. The van der Waals surface area contributed by atoms with Crippen LogP contribution in [0.25, 0.3) is 11.3 Å². The first-order chi connectivity index (χ1) is 17.9. The highest BCUT2D eigenvalue weighted by atomic mass is 32.2. The highest BCUT2D eigenvalue weighted by Crippen LogP contribution is 2.27. The molecule has 2 fully saturated rings. The van der Waals surface area contributed by atoms with Crippen LogP contribution in [0.4, 0.5) is 5.69 Å². The minimum atomic E-state index is -3.47. The minimum absolute atomic E-state index is 0.366. The first-order valence-corrected chi connectivity index (χ1v) is 15.4. The molecule has 0 saturated carbocycles. The fourth-order valence-electron chi connectivity index (χ4n) is 4.83. The molecule has 9 heteroatoms. The molecule has 198 valence electrons. The average molecular weight is 541 g/mol. The first-order valence-electron chi connectivity index (χ1n) is 13.1. The molecule has 5 rings (SSSR count). The summed E-state index contributed by atoms with van der Waals surface area (Å²) in [6.07, 6.45) is 1.84. The largest absolute Gasteiger partial charge is 0.379 e. The maximum atomic E-state index is 13.2. The van der Waals surface area contributed by atoms with Gasteiger partial charge in [-0.25, -0.2) is 13.4 Å². The Morgan fingerprint density at radius 1 is 0.946 bits per heavy atom. The third kappa shape index (κ3) is 6.23. The van der Waals surface area contributed by atoms with E-state index < -0.39 is 10.0 Å². The third-order valence-electron chi connectivity index (χ3n) is 7.33. The summed E-state index contributed by atoms with van der Waals surface area (Å²) in [7, 11) is -3.47. The number of aryl methyl sites for hydroxylation is 1. The number of piperidine rings is 1. The van der Waals surface area contributed by atoms with E-state index in [0.29, 0.717) is 23.9 Å². The summed E-state index contributed by atoms with van der Waals surface area (Å²) in [6.45, 7) is 10.6. The Morgan fingerprint density at radius 2 is 1.62 bits per heavy atom. The predicted octanol–water partition coefficient (Wildman–Crippen LogP) is 4.51. The second kappa shape index (κ2) is 11.6. The van der Waals surface area contributed by atoms with Crippen molar-refractivity contribution in [3.05, 3.63) is 64.3 Å². The molecule has 2 aliphatic heterocycles. The lowest BCUT2D eigenvalue weighted by molar-refractivity contribution is 0.0363. The lowest BCUT2D eigenvalue weighted by Crippen LogP contribution is -2.39. The molecule has 3 aromatic rings. The predicted molar refractivity (Wildman–Crippen MR) is 149 cm³/mol. The number of sulfonamides is 1. The summed E-state index contributed by atoms with van der Waals surface area (Å²) in [6, 6.07) is 15.6. The number of hydrogen-bond acceptors (Lipinski definition) is 6. The van der Waals surface area contributed by atoms with Gasteiger partial charge in [0, 0.05) is 44.6 Å². The standard InChI is InChI=1S/C28H36N4O3S2/c1-22-3-7-25(8-4-22)29-28-32(16-15-30-17-19-35-20-18-30)27(21-36-28)24-5-9-26(10-6-24)37(33,34)31-13-11-23(2)12-14-31/h3-10,21,23H,11-20H2,1-2H3. The van der Waals surface area contributed by atoms with E-state index >= 15 is 0 Å². The molecule has 3 heterocycles. The van der Waals surface area contributed by atoms with Crippen LogP contribution in [0.2, 0.25) is 0 Å². The SMILES string of the molecule is Cc1ccc(N=c2scc(-c3ccc(S(=O)(=O)N4CCC(C)CC4)cc3)n2CCN2CCOCC2)cc1. The van der Waals surface area contributed by atoms with Gasteiger partial charge in [-0.2, -0.15) is 4.31 Å². The van der Waals surface area contributed by atoms with Gasteiger partial charge in [-0.05, 0) is 55.5 Å². The van der Waals surface area contributed by atoms with Crippen molar-refractivity contribution in [3.8, 4) is 11.3 Å². The molecule has 0 bridgehead atoms. The van der Waals surface area contributed by atoms with E-state index in [2.05, 4.69) is 40.8 Å². The van der Waals surface area contributed by atoms with Gasteiger partial charge in [0.25, 0.3) is 0 Å². The molecule has 37 heavy (non-hydrogen) atoms. The first kappa shape index (κ1) is 26.3. The van der Waals surface area contributed by atoms with Gasteiger partial charge >= 0.3 is 0 Å². The molecule has 0 atom stereocenters. The second-order valence-corrected chi connectivity index (χ2v) is 12.8. The quantitative estimate of drug-likeness (QED) is 0.442. The molecule has 0 radical (unpaired) electrons. The summed E-state index contributed by atoms with van der Waals surface area (Å²) in [5.74, 6) is 0.583. The van der Waals surface area contributed by atoms with E-state index in [1.54, 1.807) is 27.8 Å². The van der Waals surface area contributed by atoms with Crippen molar-refractivity contribution in [3.63, 3.8) is 0 Å². The fourth-order valence-corrected chi connectivity index (χ4v) is 7.26. The number of hydrogen-bond donors (Lipinski definition) is 0. The number of nitrogens with zero attached hydrogens (tertiary/aromatic N) is 4. The maximum absolute atomic E-state index is 13.2. The van der Waals surface area contributed by atoms with E-state index in [1.807, 2.05) is 24.3 Å². The van der Waals surface area contributed by atoms with Crippen molar-refractivity contribution in [1.82, 2.24) is 13.8 Å². The molecule has 2 aromatic carbocycles. The zero-order valence-electron chi connectivity index (χ0n) is 21.7. The van der Waals surface area contributed by atoms with E-state index in [9.17, 15) is 8.42 Å².